The second kappa shape index (κ2) is 23.4. The van der Waals surface area contributed by atoms with Gasteiger partial charge in [0, 0.05) is 36.1 Å². The van der Waals surface area contributed by atoms with Crippen molar-refractivity contribution in [1.82, 2.24) is 0 Å². The van der Waals surface area contributed by atoms with Crippen LogP contribution in [0.4, 0.5) is 0 Å². The first-order valence-corrected chi connectivity index (χ1v) is 26.0. The first-order valence-electron chi connectivity index (χ1n) is 26.0. The fourth-order valence-corrected chi connectivity index (χ4v) is 11.1. The average molecular weight is 887 g/mol. The molecule has 9 rings (SSSR count). The van der Waals surface area contributed by atoms with Crippen LogP contribution in [0, 0.1) is 23.7 Å². The lowest BCUT2D eigenvalue weighted by molar-refractivity contribution is -1.08. The van der Waals surface area contributed by atoms with Gasteiger partial charge >= 0.3 is 5.97 Å². The molecule has 6 saturated heterocycles. The van der Waals surface area contributed by atoms with Gasteiger partial charge in [0.25, 0.3) is 0 Å². The maximum Gasteiger partial charge on any atom is 0.338 e. The minimum atomic E-state index is -0.321. The molecule has 0 saturated carbocycles. The SMILES string of the molecule is CCCCCC[N+]12CC[N+](CCCOc3cc(C#Cc4ccc(C(=O)OCC)cc4)c(OCCC[N+]45CC[N+](CCCCCC)(CC4)CC5)cc3C#Cc3ccc(CC)cc3)(CC1)CC2. The van der Waals surface area contributed by atoms with Crippen LogP contribution in [0.1, 0.15) is 130 Å². The second-order valence-electron chi connectivity index (χ2n) is 20.2. The third-order valence-electron chi connectivity index (χ3n) is 15.9. The fraction of sp³-hybridized carbons (Fsp3) is 0.596. The van der Waals surface area contributed by atoms with Gasteiger partial charge in [0.2, 0.25) is 0 Å². The predicted octanol–water partition coefficient (Wildman–Crippen LogP) is 9.25. The number of aryl methyl sites for hydroxylation is 1. The lowest BCUT2D eigenvalue weighted by Crippen LogP contribution is -2.75. The van der Waals surface area contributed by atoms with Crippen LogP contribution in [0.5, 0.6) is 11.5 Å². The molecular weight excluding hydrogens is 805 g/mol. The maximum absolute atomic E-state index is 12.4. The normalized spacial score (nSPS) is 24.1. The van der Waals surface area contributed by atoms with Gasteiger partial charge in [-0.2, -0.15) is 0 Å². The zero-order valence-electron chi connectivity index (χ0n) is 40.9. The first-order chi connectivity index (χ1) is 31.7. The molecule has 6 heterocycles. The number of carbonyl (C=O) groups is 1. The van der Waals surface area contributed by atoms with Gasteiger partial charge in [-0.25, -0.2) is 4.79 Å². The fourth-order valence-electron chi connectivity index (χ4n) is 11.1. The Hall–Kier alpha value is -4.31. The zero-order valence-corrected chi connectivity index (χ0v) is 40.9. The highest BCUT2D eigenvalue weighted by atomic mass is 16.5. The van der Waals surface area contributed by atoms with E-state index >= 15 is 0 Å². The van der Waals surface area contributed by atoms with E-state index in [1.54, 1.807) is 12.1 Å². The Bertz CT molecular complexity index is 2070. The van der Waals surface area contributed by atoms with Crippen LogP contribution in [0.25, 0.3) is 0 Å². The molecule has 0 spiro atoms. The smallest absolute Gasteiger partial charge is 0.338 e. The molecule has 0 aromatic heterocycles. The van der Waals surface area contributed by atoms with Gasteiger partial charge < -0.3 is 32.1 Å². The maximum atomic E-state index is 12.4. The van der Waals surface area contributed by atoms with Gasteiger partial charge in [-0.1, -0.05) is 82.3 Å². The van der Waals surface area contributed by atoms with E-state index in [2.05, 4.69) is 80.9 Å². The van der Waals surface area contributed by atoms with Crippen LogP contribution >= 0.6 is 0 Å². The van der Waals surface area contributed by atoms with Gasteiger partial charge in [-0.05, 0) is 81.0 Å². The number of quaternary nitrogens is 4. The van der Waals surface area contributed by atoms with Crippen molar-refractivity contribution in [2.75, 3.05) is 125 Å². The van der Waals surface area contributed by atoms with Crippen LogP contribution in [0.2, 0.25) is 0 Å². The molecule has 0 radical (unpaired) electrons. The van der Waals surface area contributed by atoms with Crippen LogP contribution in [0.15, 0.2) is 60.7 Å². The first kappa shape index (κ1) is 48.6. The number of hydrogen-bond donors (Lipinski definition) is 0. The Labute approximate surface area is 393 Å². The number of rotatable bonds is 23. The van der Waals surface area contributed by atoms with E-state index in [1.165, 1.54) is 166 Å². The van der Waals surface area contributed by atoms with Crippen molar-refractivity contribution >= 4 is 5.97 Å². The van der Waals surface area contributed by atoms with E-state index in [4.69, 9.17) is 14.2 Å². The molecule has 4 bridgehead atoms. The number of piperazine rings is 6. The molecule has 6 fully saturated rings. The molecule has 350 valence electrons. The highest BCUT2D eigenvalue weighted by Crippen LogP contribution is 2.32. The van der Waals surface area contributed by atoms with Crippen molar-refractivity contribution < 1.29 is 36.9 Å². The number of carbonyl (C=O) groups excluding carboxylic acids is 1. The van der Waals surface area contributed by atoms with E-state index in [9.17, 15) is 4.79 Å². The van der Waals surface area contributed by atoms with E-state index < -0.39 is 0 Å². The van der Waals surface area contributed by atoms with E-state index in [0.717, 1.165) is 66.1 Å². The van der Waals surface area contributed by atoms with Gasteiger partial charge in [0.15, 0.2) is 0 Å². The van der Waals surface area contributed by atoms with Crippen molar-refractivity contribution in [1.29, 1.82) is 0 Å². The van der Waals surface area contributed by atoms with E-state index in [-0.39, 0.29) is 5.97 Å². The molecule has 0 unspecified atom stereocenters. The third kappa shape index (κ3) is 13.2. The van der Waals surface area contributed by atoms with Crippen molar-refractivity contribution in [3.63, 3.8) is 0 Å². The summed E-state index contributed by atoms with van der Waals surface area (Å²) in [5.41, 5.74) is 5.26. The Morgan fingerprint density at radius 3 is 1.23 bits per heavy atom. The summed E-state index contributed by atoms with van der Waals surface area (Å²) in [4.78, 5) is 12.4. The Morgan fingerprint density at radius 2 is 0.862 bits per heavy atom. The lowest BCUT2D eigenvalue weighted by Gasteiger charge is -2.55. The van der Waals surface area contributed by atoms with E-state index in [0.29, 0.717) is 25.4 Å². The number of esters is 1. The molecule has 0 atom stereocenters. The molecule has 6 aliphatic heterocycles. The van der Waals surface area contributed by atoms with Gasteiger partial charge in [-0.3, -0.25) is 0 Å². The predicted molar refractivity (Wildman–Crippen MR) is 264 cm³/mol. The summed E-state index contributed by atoms with van der Waals surface area (Å²) < 4.78 is 23.9. The molecule has 3 aromatic rings. The zero-order chi connectivity index (χ0) is 45.4. The molecule has 8 heteroatoms. The van der Waals surface area contributed by atoms with Crippen molar-refractivity contribution in [3.8, 4) is 35.2 Å². The van der Waals surface area contributed by atoms with Gasteiger partial charge in [0.1, 0.15) is 90.0 Å². The largest absolute Gasteiger partial charge is 0.492 e. The molecule has 6 aliphatic rings. The molecule has 8 nitrogen and oxygen atoms in total. The Kier molecular flexibility index (Phi) is 17.5. The van der Waals surface area contributed by atoms with Crippen LogP contribution in [-0.4, -0.2) is 148 Å². The topological polar surface area (TPSA) is 44.8 Å². The summed E-state index contributed by atoms with van der Waals surface area (Å²) >= 11 is 0. The van der Waals surface area contributed by atoms with Crippen molar-refractivity contribution in [2.24, 2.45) is 0 Å². The van der Waals surface area contributed by atoms with Crippen LogP contribution in [0.3, 0.4) is 0 Å². The van der Waals surface area contributed by atoms with E-state index in [1.807, 2.05) is 19.1 Å². The molecule has 0 amide bonds. The lowest BCUT2D eigenvalue weighted by atomic mass is 10.0. The summed E-state index contributed by atoms with van der Waals surface area (Å²) in [6.45, 7) is 31.1. The summed E-state index contributed by atoms with van der Waals surface area (Å²) in [6.07, 6.45) is 13.9. The van der Waals surface area contributed by atoms with Gasteiger partial charge in [-0.15, -0.1) is 0 Å². The average Bonchev–Trinajstić information content (AvgIpc) is 3.35. The highest BCUT2D eigenvalue weighted by molar-refractivity contribution is 5.89. The quantitative estimate of drug-likeness (QED) is 0.0413. The number of unbranched alkanes of at least 4 members (excludes halogenated alkanes) is 6. The number of hydrogen-bond acceptors (Lipinski definition) is 4. The number of benzene rings is 3. The van der Waals surface area contributed by atoms with Crippen LogP contribution < -0.4 is 9.47 Å². The monoisotopic (exact) mass is 887 g/mol. The summed E-state index contributed by atoms with van der Waals surface area (Å²) in [6, 6.07) is 20.0. The Morgan fingerprint density at radius 1 is 0.477 bits per heavy atom. The molecule has 0 N–H and O–H groups in total. The minimum absolute atomic E-state index is 0.321. The highest BCUT2D eigenvalue weighted by Gasteiger charge is 2.49. The number of fused-ring (bicyclic) bond motifs is 6. The standard InChI is InChI=1S/C57H82N4O4/c1-5-9-11-13-29-58-33-39-60(40-34-58,41-35-58)31-15-45-64-55-48-54(28-24-51-21-25-52(26-22-51)57(62)63-8-4)56(47-53(55)27-23-50-19-17-49(7-3)18-20-50)65-46-16-32-61-42-36-59(37-43-61,38-44-61)30-14-12-10-6-2/h17-22,25-26,47-48H,5-16,29-46H2,1-4H3/q+4. The second-order valence-corrected chi connectivity index (χ2v) is 20.2. The summed E-state index contributed by atoms with van der Waals surface area (Å²) in [5, 5.41) is 0. The van der Waals surface area contributed by atoms with Crippen LogP contribution in [-0.2, 0) is 11.2 Å². The third-order valence-corrected chi connectivity index (χ3v) is 15.9. The number of ether oxygens (including phenoxy) is 3. The number of nitrogens with zero attached hydrogens (tertiary/aromatic N) is 4. The Balaban J connectivity index is 1.07. The minimum Gasteiger partial charge on any atom is -0.492 e. The van der Waals surface area contributed by atoms with Crippen molar-refractivity contribution in [2.45, 2.75) is 98.3 Å². The molecule has 0 aliphatic carbocycles. The van der Waals surface area contributed by atoms with Gasteiger partial charge in [0.05, 0.1) is 62.7 Å². The molecule has 3 aromatic carbocycles. The molecule has 65 heavy (non-hydrogen) atoms. The molecular formula is C57H82N4O4+4. The van der Waals surface area contributed by atoms with Crippen molar-refractivity contribution in [3.05, 3.63) is 94.0 Å². The summed E-state index contributed by atoms with van der Waals surface area (Å²) in [7, 11) is 0. The summed E-state index contributed by atoms with van der Waals surface area (Å²) in [5.74, 6) is 15.0.